The van der Waals surface area contributed by atoms with Gasteiger partial charge in [-0.25, -0.2) is 4.68 Å². The summed E-state index contributed by atoms with van der Waals surface area (Å²) in [6, 6.07) is 13.5. The number of pyridine rings is 1. The number of benzene rings is 1. The molecule has 0 spiro atoms. The lowest BCUT2D eigenvalue weighted by Gasteiger charge is -2.19. The Bertz CT molecular complexity index is 1190. The number of hydrogen-bond acceptors (Lipinski definition) is 6. The molecule has 154 valence electrons. The summed E-state index contributed by atoms with van der Waals surface area (Å²) in [7, 11) is 0. The van der Waals surface area contributed by atoms with Crippen molar-refractivity contribution in [3.05, 3.63) is 76.5 Å². The van der Waals surface area contributed by atoms with Crippen LogP contribution >= 0.6 is 0 Å². The first-order chi connectivity index (χ1) is 14.4. The Kier molecular flexibility index (Phi) is 5.22. The van der Waals surface area contributed by atoms with Gasteiger partial charge in [0.15, 0.2) is 5.65 Å². The Morgan fingerprint density at radius 3 is 2.63 bits per heavy atom. The molecule has 0 unspecified atom stereocenters. The van der Waals surface area contributed by atoms with E-state index in [1.165, 1.54) is 0 Å². The van der Waals surface area contributed by atoms with E-state index in [4.69, 9.17) is 4.74 Å². The molecule has 0 bridgehead atoms. The van der Waals surface area contributed by atoms with Crippen LogP contribution in [0.5, 0.6) is 5.75 Å². The van der Waals surface area contributed by atoms with Crippen LogP contribution in [0.2, 0.25) is 0 Å². The Morgan fingerprint density at radius 1 is 1.13 bits per heavy atom. The maximum Gasteiger partial charge on any atom is 0.263 e. The molecular weight excluding hydrogens is 380 g/mol. The fourth-order valence-corrected chi connectivity index (χ4v) is 3.02. The number of rotatable bonds is 6. The van der Waals surface area contributed by atoms with Gasteiger partial charge in [-0.3, -0.25) is 14.8 Å². The van der Waals surface area contributed by atoms with Gasteiger partial charge in [-0.1, -0.05) is 18.2 Å². The summed E-state index contributed by atoms with van der Waals surface area (Å²) in [4.78, 5) is 24.0. The van der Waals surface area contributed by atoms with Crippen LogP contribution in [-0.2, 0) is 18.7 Å². The fourth-order valence-electron chi connectivity index (χ4n) is 3.02. The Labute approximate surface area is 174 Å². The first-order valence-electron chi connectivity index (χ1n) is 9.74. The molecule has 30 heavy (non-hydrogen) atoms. The molecule has 0 radical (unpaired) electrons. The van der Waals surface area contributed by atoms with Crippen LogP contribution in [0.1, 0.15) is 32.0 Å². The topological polar surface area (TPSA) is 97.7 Å². The van der Waals surface area contributed by atoms with E-state index in [1.807, 2.05) is 63.2 Å². The number of hydrogen-bond donors (Lipinski definition) is 2. The van der Waals surface area contributed by atoms with Crippen LogP contribution in [-0.4, -0.2) is 24.7 Å². The molecule has 0 saturated heterocycles. The van der Waals surface area contributed by atoms with Crippen molar-refractivity contribution in [3.63, 3.8) is 0 Å². The zero-order valence-corrected chi connectivity index (χ0v) is 17.2. The van der Waals surface area contributed by atoms with Crippen molar-refractivity contribution >= 4 is 17.0 Å². The Morgan fingerprint density at radius 2 is 1.93 bits per heavy atom. The van der Waals surface area contributed by atoms with E-state index >= 15 is 0 Å². The first kappa shape index (κ1) is 19.6. The number of nitrogens with one attached hydrogen (secondary N) is 2. The van der Waals surface area contributed by atoms with Gasteiger partial charge in [-0.2, -0.15) is 10.1 Å². The van der Waals surface area contributed by atoms with Crippen LogP contribution < -0.4 is 15.6 Å². The molecule has 8 heteroatoms. The summed E-state index contributed by atoms with van der Waals surface area (Å²) in [6.45, 7) is 7.00. The molecule has 0 aliphatic rings. The van der Waals surface area contributed by atoms with Crippen LogP contribution in [0.4, 0.5) is 5.95 Å². The number of fused-ring (bicyclic) bond motifs is 1. The fraction of sp³-hybridized carbons (Fsp3) is 0.273. The molecule has 3 heterocycles. The molecule has 0 atom stereocenters. The number of aromatic nitrogens is 5. The zero-order valence-electron chi connectivity index (χ0n) is 17.2. The molecule has 1 aromatic carbocycles. The lowest BCUT2D eigenvalue weighted by Crippen LogP contribution is -2.24. The Hall–Kier alpha value is -3.68. The maximum atomic E-state index is 12.4. The Balaban J connectivity index is 1.43. The molecule has 4 rings (SSSR count). The number of anilines is 1. The largest absolute Gasteiger partial charge is 0.487 e. The first-order valence-corrected chi connectivity index (χ1v) is 9.74. The minimum Gasteiger partial charge on any atom is -0.487 e. The lowest BCUT2D eigenvalue weighted by molar-refractivity contribution is 0.301. The van der Waals surface area contributed by atoms with Crippen molar-refractivity contribution in [2.45, 2.75) is 39.5 Å². The van der Waals surface area contributed by atoms with Gasteiger partial charge in [-0.15, -0.1) is 0 Å². The molecule has 0 fully saturated rings. The quantitative estimate of drug-likeness (QED) is 0.511. The average Bonchev–Trinajstić information content (AvgIpc) is 3.17. The molecule has 0 aliphatic heterocycles. The second-order valence-corrected chi connectivity index (χ2v) is 7.99. The molecule has 0 amide bonds. The van der Waals surface area contributed by atoms with E-state index in [9.17, 15) is 4.79 Å². The minimum absolute atomic E-state index is 0.212. The third-order valence-corrected chi connectivity index (χ3v) is 4.57. The van der Waals surface area contributed by atoms with Crippen molar-refractivity contribution in [2.75, 3.05) is 5.32 Å². The van der Waals surface area contributed by atoms with Gasteiger partial charge in [0.25, 0.3) is 5.56 Å². The summed E-state index contributed by atoms with van der Waals surface area (Å²) >= 11 is 0. The molecule has 8 nitrogen and oxygen atoms in total. The summed E-state index contributed by atoms with van der Waals surface area (Å²) in [5.74, 6) is 1.18. The molecule has 4 aromatic rings. The van der Waals surface area contributed by atoms with Crippen LogP contribution in [0.15, 0.2) is 59.7 Å². The van der Waals surface area contributed by atoms with Gasteiger partial charge in [-0.05, 0) is 50.6 Å². The third kappa shape index (κ3) is 4.32. The van der Waals surface area contributed by atoms with Crippen LogP contribution in [0, 0.1) is 0 Å². The van der Waals surface area contributed by atoms with Gasteiger partial charge in [0.2, 0.25) is 5.95 Å². The lowest BCUT2D eigenvalue weighted by atomic mass is 10.1. The van der Waals surface area contributed by atoms with E-state index in [0.717, 1.165) is 17.0 Å². The molecule has 3 aromatic heterocycles. The van der Waals surface area contributed by atoms with Crippen molar-refractivity contribution < 1.29 is 4.74 Å². The van der Waals surface area contributed by atoms with Crippen molar-refractivity contribution in [1.29, 1.82) is 0 Å². The maximum absolute atomic E-state index is 12.4. The monoisotopic (exact) mass is 404 g/mol. The highest BCUT2D eigenvalue weighted by Gasteiger charge is 2.19. The normalized spacial score (nSPS) is 11.6. The standard InChI is InChI=1S/C22H24N6O2/c1-22(2,3)28-19-18(13-25-28)20(29)27-21(26-19)24-12-15-7-9-17(10-8-15)30-14-16-6-4-5-11-23-16/h4-11,13H,12,14H2,1-3H3,(H2,24,26,27,29). The molecular formula is C22H24N6O2. The molecule has 0 aliphatic carbocycles. The number of nitrogens with zero attached hydrogens (tertiary/aromatic N) is 4. The van der Waals surface area contributed by atoms with E-state index < -0.39 is 0 Å². The van der Waals surface area contributed by atoms with Crippen molar-refractivity contribution in [1.82, 2.24) is 24.7 Å². The summed E-state index contributed by atoms with van der Waals surface area (Å²) in [5.41, 5.74) is 1.99. The number of ether oxygens (including phenoxy) is 1. The van der Waals surface area contributed by atoms with E-state index in [-0.39, 0.29) is 11.1 Å². The predicted octanol–water partition coefficient (Wildman–Crippen LogP) is 3.46. The highest BCUT2D eigenvalue weighted by atomic mass is 16.5. The summed E-state index contributed by atoms with van der Waals surface area (Å²) in [6.07, 6.45) is 3.30. The molecule has 0 saturated carbocycles. The van der Waals surface area contributed by atoms with E-state index in [2.05, 4.69) is 25.4 Å². The highest BCUT2D eigenvalue weighted by Crippen LogP contribution is 2.19. The second kappa shape index (κ2) is 7.98. The predicted molar refractivity (Wildman–Crippen MR) is 115 cm³/mol. The average molecular weight is 404 g/mol. The van der Waals surface area contributed by atoms with Crippen LogP contribution in [0.25, 0.3) is 11.0 Å². The highest BCUT2D eigenvalue weighted by molar-refractivity contribution is 5.74. The van der Waals surface area contributed by atoms with Gasteiger partial charge in [0.1, 0.15) is 17.7 Å². The molecule has 2 N–H and O–H groups in total. The van der Waals surface area contributed by atoms with Gasteiger partial charge < -0.3 is 10.1 Å². The van der Waals surface area contributed by atoms with E-state index in [1.54, 1.807) is 17.1 Å². The smallest absolute Gasteiger partial charge is 0.263 e. The van der Waals surface area contributed by atoms with Crippen molar-refractivity contribution in [3.8, 4) is 5.75 Å². The van der Waals surface area contributed by atoms with Gasteiger partial charge in [0, 0.05) is 12.7 Å². The van der Waals surface area contributed by atoms with Crippen molar-refractivity contribution in [2.24, 2.45) is 0 Å². The second-order valence-electron chi connectivity index (χ2n) is 7.99. The third-order valence-electron chi connectivity index (χ3n) is 4.57. The van der Waals surface area contributed by atoms with Gasteiger partial charge >= 0.3 is 0 Å². The van der Waals surface area contributed by atoms with Gasteiger partial charge in [0.05, 0.1) is 17.4 Å². The number of aromatic amines is 1. The minimum atomic E-state index is -0.273. The van der Waals surface area contributed by atoms with E-state index in [0.29, 0.717) is 30.1 Å². The summed E-state index contributed by atoms with van der Waals surface area (Å²) < 4.78 is 7.52. The zero-order chi connectivity index (χ0) is 21.1. The summed E-state index contributed by atoms with van der Waals surface area (Å²) in [5, 5.41) is 7.98. The number of H-pyrrole nitrogens is 1. The van der Waals surface area contributed by atoms with Crippen LogP contribution in [0.3, 0.4) is 0 Å². The SMILES string of the molecule is CC(C)(C)n1ncc2c(=O)[nH]c(NCc3ccc(OCc4ccccn4)cc3)nc21.